The molecule has 2 unspecified atom stereocenters. The van der Waals surface area contributed by atoms with Crippen LogP contribution in [0.25, 0.3) is 10.9 Å². The van der Waals surface area contributed by atoms with E-state index in [0.717, 1.165) is 18.7 Å². The van der Waals surface area contributed by atoms with E-state index in [-0.39, 0.29) is 40.0 Å². The van der Waals surface area contributed by atoms with Crippen LogP contribution in [0.5, 0.6) is 0 Å². The van der Waals surface area contributed by atoms with E-state index in [4.69, 9.17) is 17.3 Å². The molecule has 2 aliphatic rings. The Hall–Kier alpha value is -2.19. The van der Waals surface area contributed by atoms with Gasteiger partial charge in [0.1, 0.15) is 17.6 Å². The summed E-state index contributed by atoms with van der Waals surface area (Å²) in [5.74, 6) is -1.97. The first kappa shape index (κ1) is 19.1. The topological polar surface area (TPSA) is 88.6 Å². The summed E-state index contributed by atoms with van der Waals surface area (Å²) in [5.41, 5.74) is 4.90. The lowest BCUT2D eigenvalue weighted by Gasteiger charge is -2.24. The Morgan fingerprint density at radius 1 is 1.46 bits per heavy atom. The van der Waals surface area contributed by atoms with Crippen LogP contribution in [0.3, 0.4) is 0 Å². The highest BCUT2D eigenvalue weighted by Gasteiger charge is 2.41. The summed E-state index contributed by atoms with van der Waals surface area (Å²) in [6.07, 6.45) is 0.924. The van der Waals surface area contributed by atoms with Crippen LogP contribution in [0.2, 0.25) is 5.02 Å². The number of hydrogen-bond acceptors (Lipinski definition) is 4. The second-order valence-corrected chi connectivity index (χ2v) is 8.05. The molecule has 4 atom stereocenters. The summed E-state index contributed by atoms with van der Waals surface area (Å²) in [4.78, 5) is 25.8. The van der Waals surface area contributed by atoms with Gasteiger partial charge in [0.25, 0.3) is 0 Å². The van der Waals surface area contributed by atoms with Crippen molar-refractivity contribution in [1.82, 2.24) is 4.57 Å². The molecule has 1 aliphatic heterocycles. The van der Waals surface area contributed by atoms with Crippen LogP contribution < -0.4 is 16.1 Å². The Kier molecular flexibility index (Phi) is 4.58. The quantitative estimate of drug-likeness (QED) is 0.807. The van der Waals surface area contributed by atoms with E-state index in [0.29, 0.717) is 13.1 Å². The van der Waals surface area contributed by atoms with Gasteiger partial charge in [0.05, 0.1) is 27.7 Å². The molecule has 9 heteroatoms. The number of carbonyl (C=O) groups is 1. The third kappa shape index (κ3) is 2.95. The molecule has 1 saturated heterocycles. The molecule has 1 aromatic carbocycles. The molecule has 6 nitrogen and oxygen atoms in total. The zero-order chi connectivity index (χ0) is 20.3. The predicted molar refractivity (Wildman–Crippen MR) is 103 cm³/mol. The number of hydrogen-bond donors (Lipinski definition) is 2. The second-order valence-electron chi connectivity index (χ2n) is 7.67. The average Bonchev–Trinajstić information content (AvgIpc) is 3.14. The Balaban J connectivity index is 1.94. The van der Waals surface area contributed by atoms with E-state index in [1.807, 2.05) is 6.92 Å². The highest BCUT2D eigenvalue weighted by atomic mass is 35.5. The van der Waals surface area contributed by atoms with Crippen molar-refractivity contribution in [1.29, 1.82) is 0 Å². The normalized spacial score (nSPS) is 25.3. The van der Waals surface area contributed by atoms with Crippen molar-refractivity contribution in [3.63, 3.8) is 0 Å². The molecule has 3 N–H and O–H groups in total. The number of anilines is 1. The summed E-state index contributed by atoms with van der Waals surface area (Å²) in [7, 11) is 0. The van der Waals surface area contributed by atoms with Gasteiger partial charge in [0.2, 0.25) is 5.43 Å². The molecule has 2 aromatic rings. The van der Waals surface area contributed by atoms with E-state index < -0.39 is 35.0 Å². The third-order valence-corrected chi connectivity index (χ3v) is 6.10. The molecule has 1 saturated carbocycles. The minimum absolute atomic E-state index is 0.00605. The molecule has 2 heterocycles. The van der Waals surface area contributed by atoms with Crippen molar-refractivity contribution >= 4 is 34.2 Å². The zero-order valence-electron chi connectivity index (χ0n) is 15.2. The lowest BCUT2D eigenvalue weighted by molar-refractivity contribution is 0.0694. The molecule has 0 spiro atoms. The number of carboxylic acids is 1. The SMILES string of the molecule is C[C@H](N)[C@@H]1CCN(c2c(F)cc3c(=O)c(C(=O)O)cn(C4CC4F)c3c2Cl)C1. The molecule has 0 bridgehead atoms. The Morgan fingerprint density at radius 3 is 2.68 bits per heavy atom. The van der Waals surface area contributed by atoms with Crippen molar-refractivity contribution in [2.75, 3.05) is 18.0 Å². The summed E-state index contributed by atoms with van der Waals surface area (Å²) < 4.78 is 30.1. The minimum Gasteiger partial charge on any atom is -0.477 e. The first-order valence-corrected chi connectivity index (χ1v) is 9.53. The molecule has 150 valence electrons. The number of rotatable bonds is 4. The van der Waals surface area contributed by atoms with Crippen LogP contribution >= 0.6 is 11.6 Å². The van der Waals surface area contributed by atoms with Crippen molar-refractivity contribution in [3.8, 4) is 0 Å². The van der Waals surface area contributed by atoms with Gasteiger partial charge >= 0.3 is 5.97 Å². The maximum absolute atomic E-state index is 15.0. The van der Waals surface area contributed by atoms with Crippen LogP contribution in [-0.2, 0) is 0 Å². The number of aromatic nitrogens is 1. The molecule has 0 amide bonds. The molecular weight excluding hydrogens is 392 g/mol. The van der Waals surface area contributed by atoms with Crippen LogP contribution in [0.4, 0.5) is 14.5 Å². The van der Waals surface area contributed by atoms with Gasteiger partial charge < -0.3 is 20.3 Å². The number of halogens is 3. The fourth-order valence-corrected chi connectivity index (χ4v) is 4.40. The first-order valence-electron chi connectivity index (χ1n) is 9.15. The third-order valence-electron chi connectivity index (χ3n) is 5.74. The van der Waals surface area contributed by atoms with Gasteiger partial charge in [-0.2, -0.15) is 0 Å². The van der Waals surface area contributed by atoms with Crippen molar-refractivity contribution in [2.45, 2.75) is 38.0 Å². The Morgan fingerprint density at radius 2 is 2.14 bits per heavy atom. The van der Waals surface area contributed by atoms with Crippen molar-refractivity contribution in [3.05, 3.63) is 38.9 Å². The summed E-state index contributed by atoms with van der Waals surface area (Å²) >= 11 is 6.54. The van der Waals surface area contributed by atoms with E-state index in [9.17, 15) is 23.5 Å². The maximum Gasteiger partial charge on any atom is 0.341 e. The number of alkyl halides is 1. The number of pyridine rings is 1. The minimum atomic E-state index is -1.45. The fraction of sp³-hybridized carbons (Fsp3) is 0.474. The summed E-state index contributed by atoms with van der Waals surface area (Å²) in [5, 5.41) is 9.15. The van der Waals surface area contributed by atoms with Crippen LogP contribution in [0.1, 0.15) is 36.2 Å². The van der Waals surface area contributed by atoms with Gasteiger partial charge in [-0.15, -0.1) is 0 Å². The number of aromatic carboxylic acids is 1. The highest BCUT2D eigenvalue weighted by molar-refractivity contribution is 6.38. The van der Waals surface area contributed by atoms with E-state index in [2.05, 4.69) is 0 Å². The van der Waals surface area contributed by atoms with Gasteiger partial charge in [-0.05, 0) is 25.3 Å². The molecule has 1 aliphatic carbocycles. The van der Waals surface area contributed by atoms with Crippen LogP contribution in [0.15, 0.2) is 17.1 Å². The van der Waals surface area contributed by atoms with E-state index in [1.54, 1.807) is 4.90 Å². The first-order chi connectivity index (χ1) is 13.2. The van der Waals surface area contributed by atoms with Crippen LogP contribution in [0, 0.1) is 11.7 Å². The Labute approximate surface area is 164 Å². The van der Waals surface area contributed by atoms with Gasteiger partial charge in [0.15, 0.2) is 0 Å². The standard InChI is InChI=1S/C19H20ClF2N3O3/c1-8(23)9-2-3-24(6-9)17-13(22)4-10-16(15(17)20)25(14-5-12(14)21)7-11(18(10)26)19(27)28/h4,7-9,12,14H,2-3,5-6,23H2,1H3,(H,27,28)/t8-,9+,12?,14?/m0/s1. The van der Waals surface area contributed by atoms with Gasteiger partial charge in [-0.25, -0.2) is 13.6 Å². The number of benzene rings is 1. The van der Waals surface area contributed by atoms with Crippen LogP contribution in [-0.4, -0.2) is 40.9 Å². The monoisotopic (exact) mass is 411 g/mol. The smallest absolute Gasteiger partial charge is 0.341 e. The van der Waals surface area contributed by atoms with E-state index >= 15 is 0 Å². The zero-order valence-corrected chi connectivity index (χ0v) is 15.9. The average molecular weight is 412 g/mol. The molecule has 1 aromatic heterocycles. The second kappa shape index (κ2) is 6.70. The number of nitrogens with two attached hydrogens (primary N) is 1. The maximum atomic E-state index is 15.0. The summed E-state index contributed by atoms with van der Waals surface area (Å²) in [6, 6.07) is 0.339. The predicted octanol–water partition coefficient (Wildman–Crippen LogP) is 2.95. The Bertz CT molecular complexity index is 1040. The van der Waals surface area contributed by atoms with Gasteiger partial charge in [0, 0.05) is 31.7 Å². The van der Waals surface area contributed by atoms with Gasteiger partial charge in [-0.3, -0.25) is 4.79 Å². The number of carboxylic acid groups (broad SMARTS) is 1. The fourth-order valence-electron chi connectivity index (χ4n) is 3.99. The molecule has 28 heavy (non-hydrogen) atoms. The molecular formula is C19H20ClF2N3O3. The van der Waals surface area contributed by atoms with Gasteiger partial charge in [-0.1, -0.05) is 11.6 Å². The van der Waals surface area contributed by atoms with E-state index in [1.165, 1.54) is 4.57 Å². The molecule has 4 rings (SSSR count). The van der Waals surface area contributed by atoms with Crippen molar-refractivity contribution < 1.29 is 18.7 Å². The lowest BCUT2D eigenvalue weighted by atomic mass is 10.0. The molecule has 0 radical (unpaired) electrons. The molecule has 2 fully saturated rings. The lowest BCUT2D eigenvalue weighted by Crippen LogP contribution is -2.30. The van der Waals surface area contributed by atoms with Crippen molar-refractivity contribution in [2.24, 2.45) is 11.7 Å². The number of nitrogens with zero attached hydrogens (tertiary/aromatic N) is 2. The number of fused-ring (bicyclic) bond motifs is 1. The largest absolute Gasteiger partial charge is 0.477 e. The highest BCUT2D eigenvalue weighted by Crippen LogP contribution is 2.44. The summed E-state index contributed by atoms with van der Waals surface area (Å²) in [6.45, 7) is 2.97.